The minimum Gasteiger partial charge on any atom is -0.304 e. The molecule has 6 heteroatoms. The Morgan fingerprint density at radius 2 is 2.19 bits per heavy atom. The molecule has 0 aromatic heterocycles. The van der Waals surface area contributed by atoms with Crippen molar-refractivity contribution in [1.29, 1.82) is 0 Å². The molecule has 1 rings (SSSR count). The van der Waals surface area contributed by atoms with Crippen LogP contribution in [-0.2, 0) is 10.3 Å². The number of hydrogen-bond donors (Lipinski definition) is 1. The van der Waals surface area contributed by atoms with Gasteiger partial charge in [0.1, 0.15) is 5.02 Å². The molecule has 88 valence electrons. The highest BCUT2D eigenvalue weighted by molar-refractivity contribution is 6.32. The van der Waals surface area contributed by atoms with Crippen molar-refractivity contribution in [3.05, 3.63) is 38.9 Å². The fourth-order valence-electron chi connectivity index (χ4n) is 1.37. The number of nitro benzene ring substituents is 1. The summed E-state index contributed by atoms with van der Waals surface area (Å²) in [4.78, 5) is 14.8. The first-order valence-corrected chi connectivity index (χ1v) is 5.02. The van der Waals surface area contributed by atoms with Gasteiger partial charge in [0.15, 0.2) is 0 Å². The highest BCUT2D eigenvalue weighted by Gasteiger charge is 2.24. The maximum absolute atomic E-state index is 10.7. The molecule has 16 heavy (non-hydrogen) atoms. The van der Waals surface area contributed by atoms with E-state index < -0.39 is 10.3 Å². The van der Waals surface area contributed by atoms with Crippen molar-refractivity contribution < 1.29 is 9.76 Å². The van der Waals surface area contributed by atoms with Crippen molar-refractivity contribution >= 4 is 17.3 Å². The predicted molar refractivity (Wildman–Crippen MR) is 61.3 cm³/mol. The van der Waals surface area contributed by atoms with Crippen LogP contribution in [0.1, 0.15) is 19.4 Å². The number of halogens is 1. The third-order valence-electron chi connectivity index (χ3n) is 2.37. The Bertz CT molecular complexity index is 407. The zero-order valence-corrected chi connectivity index (χ0v) is 9.82. The van der Waals surface area contributed by atoms with E-state index in [0.29, 0.717) is 0 Å². The van der Waals surface area contributed by atoms with Crippen LogP contribution in [0.4, 0.5) is 5.69 Å². The molecule has 0 heterocycles. The quantitative estimate of drug-likeness (QED) is 0.652. The summed E-state index contributed by atoms with van der Waals surface area (Å²) in [6.45, 7) is 4.03. The Balaban J connectivity index is 3.17. The fraction of sp³-hybridized carbons (Fsp3) is 0.400. The monoisotopic (exact) mass is 244 g/mol. The summed E-state index contributed by atoms with van der Waals surface area (Å²) in [7, 11) is 0. The van der Waals surface area contributed by atoms with Gasteiger partial charge in [-0.1, -0.05) is 31.5 Å². The molecule has 0 unspecified atom stereocenters. The molecule has 0 saturated heterocycles. The minimum atomic E-state index is -0.509. The van der Waals surface area contributed by atoms with E-state index >= 15 is 0 Å². The molecule has 0 aliphatic carbocycles. The van der Waals surface area contributed by atoms with Crippen molar-refractivity contribution in [3.63, 3.8) is 0 Å². The number of nitrogens with zero attached hydrogens (tertiary/aromatic N) is 1. The Morgan fingerprint density at radius 1 is 1.56 bits per heavy atom. The molecular weight excluding hydrogens is 232 g/mol. The number of hydrogen-bond acceptors (Lipinski definition) is 4. The lowest BCUT2D eigenvalue weighted by atomic mass is 9.85. The maximum atomic E-state index is 10.7. The van der Waals surface area contributed by atoms with Gasteiger partial charge in [0, 0.05) is 11.5 Å². The lowest BCUT2D eigenvalue weighted by Gasteiger charge is -2.23. The van der Waals surface area contributed by atoms with Gasteiger partial charge >= 0.3 is 0 Å². The smallest absolute Gasteiger partial charge is 0.288 e. The second-order valence-electron chi connectivity index (χ2n) is 4.12. The molecule has 2 N–H and O–H groups in total. The number of rotatable bonds is 4. The Hall–Kier alpha value is -1.17. The first kappa shape index (κ1) is 12.9. The number of nitrogens with two attached hydrogens (primary N) is 1. The molecule has 0 aliphatic rings. The fourth-order valence-corrected chi connectivity index (χ4v) is 1.55. The van der Waals surface area contributed by atoms with Gasteiger partial charge in [-0.3, -0.25) is 10.1 Å². The third-order valence-corrected chi connectivity index (χ3v) is 2.69. The van der Waals surface area contributed by atoms with Gasteiger partial charge in [-0.15, -0.1) is 0 Å². The van der Waals surface area contributed by atoms with E-state index in [0.717, 1.165) is 5.56 Å². The highest BCUT2D eigenvalue weighted by atomic mass is 35.5. The van der Waals surface area contributed by atoms with E-state index in [9.17, 15) is 10.1 Å². The summed E-state index contributed by atoms with van der Waals surface area (Å²) >= 11 is 5.72. The van der Waals surface area contributed by atoms with Crippen LogP contribution in [0.3, 0.4) is 0 Å². The molecule has 0 saturated carbocycles. The van der Waals surface area contributed by atoms with E-state index in [1.807, 2.05) is 13.8 Å². The highest BCUT2D eigenvalue weighted by Crippen LogP contribution is 2.31. The summed E-state index contributed by atoms with van der Waals surface area (Å²) in [5.41, 5.74) is 0.253. The van der Waals surface area contributed by atoms with Gasteiger partial charge in [-0.25, -0.2) is 5.90 Å². The lowest BCUT2D eigenvalue weighted by molar-refractivity contribution is -0.384. The van der Waals surface area contributed by atoms with E-state index in [2.05, 4.69) is 4.84 Å². The molecule has 0 aliphatic heterocycles. The normalized spacial score (nSPS) is 11.5. The van der Waals surface area contributed by atoms with Crippen molar-refractivity contribution in [2.45, 2.75) is 19.3 Å². The standard InChI is InChI=1S/C10H13ClN2O3/c1-10(2,6-16-12)7-3-4-8(11)9(5-7)13(14)15/h3-5H,6,12H2,1-2H3. The number of nitro groups is 1. The van der Waals surface area contributed by atoms with Crippen LogP contribution in [-0.4, -0.2) is 11.5 Å². The zero-order valence-electron chi connectivity index (χ0n) is 9.07. The minimum absolute atomic E-state index is 0.107. The molecule has 0 bridgehead atoms. The molecular formula is C10H13ClN2O3. The van der Waals surface area contributed by atoms with E-state index in [1.54, 1.807) is 6.07 Å². The van der Waals surface area contributed by atoms with Gasteiger partial charge in [-0.05, 0) is 11.6 Å². The third kappa shape index (κ3) is 2.69. The Kier molecular flexibility index (Phi) is 3.85. The summed E-state index contributed by atoms with van der Waals surface area (Å²) in [5, 5.41) is 10.8. The van der Waals surface area contributed by atoms with Crippen molar-refractivity contribution in [1.82, 2.24) is 0 Å². The predicted octanol–water partition coefficient (Wildman–Crippen LogP) is 2.42. The lowest BCUT2D eigenvalue weighted by Crippen LogP contribution is -2.26. The second-order valence-corrected chi connectivity index (χ2v) is 4.53. The first-order valence-electron chi connectivity index (χ1n) is 4.64. The van der Waals surface area contributed by atoms with E-state index in [1.165, 1.54) is 12.1 Å². The van der Waals surface area contributed by atoms with Gasteiger partial charge in [-0.2, -0.15) is 0 Å². The molecule has 1 aromatic rings. The first-order chi connectivity index (χ1) is 7.38. The average Bonchev–Trinajstić information content (AvgIpc) is 2.17. The average molecular weight is 245 g/mol. The van der Waals surface area contributed by atoms with Crippen LogP contribution in [0.25, 0.3) is 0 Å². The van der Waals surface area contributed by atoms with Crippen LogP contribution in [0.15, 0.2) is 18.2 Å². The molecule has 0 radical (unpaired) electrons. The van der Waals surface area contributed by atoms with Crippen LogP contribution in [0, 0.1) is 10.1 Å². The van der Waals surface area contributed by atoms with Crippen LogP contribution in [0.2, 0.25) is 5.02 Å². The Morgan fingerprint density at radius 3 is 2.69 bits per heavy atom. The molecule has 5 nitrogen and oxygen atoms in total. The van der Waals surface area contributed by atoms with Crippen LogP contribution >= 0.6 is 11.6 Å². The maximum Gasteiger partial charge on any atom is 0.288 e. The molecule has 1 aromatic carbocycles. The van der Waals surface area contributed by atoms with Crippen LogP contribution < -0.4 is 5.90 Å². The van der Waals surface area contributed by atoms with E-state index in [-0.39, 0.29) is 17.3 Å². The van der Waals surface area contributed by atoms with E-state index in [4.69, 9.17) is 17.5 Å². The zero-order chi connectivity index (χ0) is 12.3. The van der Waals surface area contributed by atoms with Gasteiger partial charge in [0.25, 0.3) is 5.69 Å². The topological polar surface area (TPSA) is 78.4 Å². The van der Waals surface area contributed by atoms with Gasteiger partial charge in [0.2, 0.25) is 0 Å². The molecule has 0 fully saturated rings. The summed E-state index contributed by atoms with van der Waals surface area (Å²) in [6, 6.07) is 4.68. The summed E-state index contributed by atoms with van der Waals surface area (Å²) < 4.78 is 0. The van der Waals surface area contributed by atoms with Crippen molar-refractivity contribution in [3.8, 4) is 0 Å². The second kappa shape index (κ2) is 4.78. The van der Waals surface area contributed by atoms with Gasteiger partial charge in [0.05, 0.1) is 11.5 Å². The van der Waals surface area contributed by atoms with Crippen molar-refractivity contribution in [2.24, 2.45) is 5.90 Å². The molecule has 0 amide bonds. The summed E-state index contributed by atoms with van der Waals surface area (Å²) in [6.07, 6.45) is 0. The Labute approximate surface area is 98.3 Å². The summed E-state index contributed by atoms with van der Waals surface area (Å²) in [5.74, 6) is 5.02. The number of benzene rings is 1. The largest absolute Gasteiger partial charge is 0.304 e. The van der Waals surface area contributed by atoms with Crippen molar-refractivity contribution in [2.75, 3.05) is 6.61 Å². The van der Waals surface area contributed by atoms with Gasteiger partial charge < -0.3 is 4.84 Å². The SMILES string of the molecule is CC(C)(CON)c1ccc(Cl)c([N+](=O)[O-])c1. The molecule has 0 spiro atoms. The van der Waals surface area contributed by atoms with Crippen LogP contribution in [0.5, 0.6) is 0 Å². The molecule has 0 atom stereocenters.